The molecule has 0 amide bonds. The van der Waals surface area contributed by atoms with Gasteiger partial charge in [0.15, 0.2) is 6.10 Å². The molecule has 0 saturated heterocycles. The second-order valence-corrected chi connectivity index (χ2v) is 29.5. The van der Waals surface area contributed by atoms with Crippen LogP contribution in [0.4, 0.5) is 0 Å². The number of phosphoric ester groups is 1. The number of allylic oxidation sites excluding steroid dienone is 2. The summed E-state index contributed by atoms with van der Waals surface area (Å²) in [5.74, 6) is -0.804. The van der Waals surface area contributed by atoms with Gasteiger partial charge < -0.3 is 27.9 Å². The number of unbranched alkanes of at least 4 members (excludes halogenated alkanes) is 58. The molecule has 0 aliphatic rings. The lowest BCUT2D eigenvalue weighted by Gasteiger charge is -2.28. The van der Waals surface area contributed by atoms with Crippen molar-refractivity contribution in [2.24, 2.45) is 0 Å². The highest BCUT2D eigenvalue weighted by atomic mass is 31.2. The molecule has 87 heavy (non-hydrogen) atoms. The number of quaternary nitrogens is 1. The molecule has 2 atom stereocenters. The predicted molar refractivity (Wildman–Crippen MR) is 375 cm³/mol. The number of phosphoric acid groups is 1. The molecular formula is C77H152NO8P. The summed E-state index contributed by atoms with van der Waals surface area (Å²) in [6.45, 7) is 4.34. The molecule has 0 spiro atoms. The zero-order valence-electron chi connectivity index (χ0n) is 59.3. The third kappa shape index (κ3) is 73.7. The summed E-state index contributed by atoms with van der Waals surface area (Å²) < 4.78 is 34.4. The van der Waals surface area contributed by atoms with Crippen LogP contribution in [0.5, 0.6) is 0 Å². The molecule has 0 radical (unpaired) electrons. The van der Waals surface area contributed by atoms with Gasteiger partial charge >= 0.3 is 11.9 Å². The van der Waals surface area contributed by atoms with E-state index in [2.05, 4.69) is 26.0 Å². The summed E-state index contributed by atoms with van der Waals surface area (Å²) in [7, 11) is 1.19. The van der Waals surface area contributed by atoms with Crippen molar-refractivity contribution >= 4 is 19.8 Å². The van der Waals surface area contributed by atoms with Crippen LogP contribution in [0.3, 0.4) is 0 Å². The second-order valence-electron chi connectivity index (χ2n) is 28.1. The van der Waals surface area contributed by atoms with Gasteiger partial charge in [-0.3, -0.25) is 14.2 Å². The molecular weight excluding hydrogens is 1100 g/mol. The van der Waals surface area contributed by atoms with Crippen LogP contribution in [-0.4, -0.2) is 70.0 Å². The van der Waals surface area contributed by atoms with Gasteiger partial charge in [0, 0.05) is 12.8 Å². The van der Waals surface area contributed by atoms with Crippen LogP contribution in [0.15, 0.2) is 12.2 Å². The molecule has 0 heterocycles. The Morgan fingerprint density at radius 1 is 0.345 bits per heavy atom. The fourth-order valence-electron chi connectivity index (χ4n) is 12.1. The standard InChI is InChI=1S/C77H152NO8P/c1-6-8-10-12-14-16-18-20-22-24-26-28-30-32-34-36-37-38-39-40-42-43-45-47-49-51-53-55-57-59-61-63-65-67-69-76(79)83-73-75(74-85-87(81,82)84-72-71-78(3,4)5)86-77(80)70-68-66-64-62-60-58-56-54-52-50-48-46-44-41-35-33-31-29-27-25-23-21-19-17-15-13-11-9-7-2/h25,27,75H,6-24,26,28-74H2,1-5H3/b27-25-. The van der Waals surface area contributed by atoms with Crippen LogP contribution in [-0.2, 0) is 32.7 Å². The Morgan fingerprint density at radius 3 is 0.851 bits per heavy atom. The van der Waals surface area contributed by atoms with Crippen molar-refractivity contribution in [3.05, 3.63) is 12.2 Å². The Balaban J connectivity index is 3.91. The first-order chi connectivity index (χ1) is 42.5. The number of ether oxygens (including phenoxy) is 2. The zero-order valence-corrected chi connectivity index (χ0v) is 60.2. The van der Waals surface area contributed by atoms with E-state index in [0.29, 0.717) is 17.4 Å². The van der Waals surface area contributed by atoms with Crippen LogP contribution in [0.1, 0.15) is 418 Å². The van der Waals surface area contributed by atoms with E-state index in [1.165, 1.54) is 353 Å². The normalized spacial score (nSPS) is 13.0. The van der Waals surface area contributed by atoms with Gasteiger partial charge in [0.1, 0.15) is 19.8 Å². The monoisotopic (exact) mass is 1250 g/mol. The fraction of sp³-hybridized carbons (Fsp3) is 0.948. The van der Waals surface area contributed by atoms with Crippen molar-refractivity contribution in [3.63, 3.8) is 0 Å². The molecule has 0 rings (SSSR count). The van der Waals surface area contributed by atoms with Crippen molar-refractivity contribution < 1.29 is 42.1 Å². The smallest absolute Gasteiger partial charge is 0.306 e. The molecule has 10 heteroatoms. The number of rotatable bonds is 74. The number of hydrogen-bond acceptors (Lipinski definition) is 8. The first-order valence-corrected chi connectivity index (χ1v) is 40.4. The fourth-order valence-corrected chi connectivity index (χ4v) is 12.8. The first kappa shape index (κ1) is 85.8. The average molecular weight is 1250 g/mol. The Morgan fingerprint density at radius 2 is 0.586 bits per heavy atom. The van der Waals surface area contributed by atoms with E-state index in [9.17, 15) is 19.0 Å². The largest absolute Gasteiger partial charge is 0.756 e. The second kappa shape index (κ2) is 69.1. The number of likely N-dealkylation sites (N-methyl/N-ethyl adjacent to an activating group) is 1. The third-order valence-electron chi connectivity index (χ3n) is 18.0. The number of carbonyl (C=O) groups excluding carboxylic acids is 2. The van der Waals surface area contributed by atoms with Gasteiger partial charge in [0.25, 0.3) is 7.82 Å². The van der Waals surface area contributed by atoms with Crippen molar-refractivity contribution in [2.75, 3.05) is 47.5 Å². The molecule has 0 fully saturated rings. The zero-order chi connectivity index (χ0) is 63.4. The van der Waals surface area contributed by atoms with Crippen molar-refractivity contribution in [2.45, 2.75) is 424 Å². The minimum atomic E-state index is -4.64. The molecule has 0 aromatic heterocycles. The third-order valence-corrected chi connectivity index (χ3v) is 19.0. The summed E-state index contributed by atoms with van der Waals surface area (Å²) >= 11 is 0. The highest BCUT2D eigenvalue weighted by Crippen LogP contribution is 2.38. The minimum absolute atomic E-state index is 0.0259. The number of nitrogens with zero attached hydrogens (tertiary/aromatic N) is 1. The Labute approximate surface area is 543 Å². The highest BCUT2D eigenvalue weighted by molar-refractivity contribution is 7.45. The summed E-state index contributed by atoms with van der Waals surface area (Å²) in [5.41, 5.74) is 0. The van der Waals surface area contributed by atoms with Crippen molar-refractivity contribution in [1.82, 2.24) is 0 Å². The lowest BCUT2D eigenvalue weighted by molar-refractivity contribution is -0.870. The maximum absolute atomic E-state index is 12.9. The van der Waals surface area contributed by atoms with Crippen LogP contribution in [0, 0.1) is 0 Å². The average Bonchev–Trinajstić information content (AvgIpc) is 3.56. The van der Waals surface area contributed by atoms with Crippen LogP contribution in [0.2, 0.25) is 0 Å². The van der Waals surface area contributed by atoms with E-state index in [4.69, 9.17) is 18.5 Å². The summed E-state index contributed by atoms with van der Waals surface area (Å²) in [6, 6.07) is 0. The molecule has 518 valence electrons. The molecule has 0 aliphatic carbocycles. The molecule has 0 aromatic carbocycles. The topological polar surface area (TPSA) is 111 Å². The maximum Gasteiger partial charge on any atom is 0.306 e. The Hall–Kier alpha value is -1.25. The van der Waals surface area contributed by atoms with Gasteiger partial charge in [0.2, 0.25) is 0 Å². The molecule has 0 aliphatic heterocycles. The van der Waals surface area contributed by atoms with Gasteiger partial charge in [-0.1, -0.05) is 379 Å². The Bertz CT molecular complexity index is 1470. The van der Waals surface area contributed by atoms with Gasteiger partial charge in [-0.25, -0.2) is 0 Å². The van der Waals surface area contributed by atoms with Crippen molar-refractivity contribution in [3.8, 4) is 0 Å². The molecule has 9 nitrogen and oxygen atoms in total. The number of hydrogen-bond donors (Lipinski definition) is 0. The van der Waals surface area contributed by atoms with E-state index in [1.807, 2.05) is 21.1 Å². The highest BCUT2D eigenvalue weighted by Gasteiger charge is 2.22. The molecule has 0 saturated carbocycles. The van der Waals surface area contributed by atoms with Gasteiger partial charge in [-0.05, 0) is 38.5 Å². The first-order valence-electron chi connectivity index (χ1n) is 38.9. The summed E-state index contributed by atoms with van der Waals surface area (Å²) in [6.07, 6.45) is 86.2. The van der Waals surface area contributed by atoms with Crippen LogP contribution in [0.25, 0.3) is 0 Å². The Kier molecular flexibility index (Phi) is 68.1. The molecule has 0 aromatic rings. The lowest BCUT2D eigenvalue weighted by atomic mass is 10.0. The van der Waals surface area contributed by atoms with E-state index in [1.54, 1.807) is 0 Å². The predicted octanol–water partition coefficient (Wildman–Crippen LogP) is 24.8. The molecule has 2 unspecified atom stereocenters. The van der Waals surface area contributed by atoms with Gasteiger partial charge in [-0.2, -0.15) is 0 Å². The SMILES string of the molecule is CCCCCCCCCC/C=C\CCCCCCCCCCCCCCCCCCCC(=O)OC(COC(=O)CCCCCCCCCCCCCCCCCCCCCCCCCCCCCCCCCCCC)COP(=O)([O-])OCC[N+](C)(C)C. The van der Waals surface area contributed by atoms with E-state index < -0.39 is 26.5 Å². The van der Waals surface area contributed by atoms with Gasteiger partial charge in [-0.15, -0.1) is 0 Å². The van der Waals surface area contributed by atoms with E-state index in [0.717, 1.165) is 32.1 Å². The number of carbonyl (C=O) groups is 2. The quantitative estimate of drug-likeness (QED) is 0.0195. The summed E-state index contributed by atoms with van der Waals surface area (Å²) in [4.78, 5) is 38.1. The van der Waals surface area contributed by atoms with E-state index in [-0.39, 0.29) is 32.0 Å². The van der Waals surface area contributed by atoms with Gasteiger partial charge in [0.05, 0.1) is 27.7 Å². The number of esters is 2. The van der Waals surface area contributed by atoms with Crippen LogP contribution >= 0.6 is 7.82 Å². The molecule has 0 N–H and O–H groups in total. The molecule has 0 bridgehead atoms. The lowest BCUT2D eigenvalue weighted by Crippen LogP contribution is -2.37. The van der Waals surface area contributed by atoms with Crippen LogP contribution < -0.4 is 4.89 Å². The minimum Gasteiger partial charge on any atom is -0.756 e. The van der Waals surface area contributed by atoms with Crippen molar-refractivity contribution in [1.29, 1.82) is 0 Å². The maximum atomic E-state index is 12.9. The summed E-state index contributed by atoms with van der Waals surface area (Å²) in [5, 5.41) is 0. The van der Waals surface area contributed by atoms with E-state index >= 15 is 0 Å².